The van der Waals surface area contributed by atoms with E-state index in [-0.39, 0.29) is 5.56 Å². The topological polar surface area (TPSA) is 42.0 Å². The fraction of sp³-hybridized carbons (Fsp3) is 0.0769. The molecule has 0 unspecified atom stereocenters. The quantitative estimate of drug-likeness (QED) is 0.887. The zero-order valence-corrected chi connectivity index (χ0v) is 9.58. The van der Waals surface area contributed by atoms with Crippen LogP contribution in [0.1, 0.15) is 15.9 Å². The summed E-state index contributed by atoms with van der Waals surface area (Å²) < 4.78 is 26.4. The molecule has 0 aliphatic rings. The molecule has 0 spiro atoms. The zero-order chi connectivity index (χ0) is 13.1. The van der Waals surface area contributed by atoms with Crippen molar-refractivity contribution in [3.05, 3.63) is 59.4 Å². The van der Waals surface area contributed by atoms with E-state index < -0.39 is 17.5 Å². The summed E-state index contributed by atoms with van der Waals surface area (Å²) in [6.07, 6.45) is 3.03. The SMILES string of the molecule is Cc1ccncc1NC(=O)c1cccc(F)c1F. The number of hydrogen-bond acceptors (Lipinski definition) is 2. The van der Waals surface area contributed by atoms with E-state index in [2.05, 4.69) is 10.3 Å². The molecule has 0 saturated heterocycles. The molecule has 2 aromatic rings. The molecule has 0 fully saturated rings. The fourth-order valence-corrected chi connectivity index (χ4v) is 1.46. The standard InChI is InChI=1S/C13H10F2N2O/c1-8-5-6-16-7-11(8)17-13(18)9-3-2-4-10(14)12(9)15/h2-7H,1H3,(H,17,18). The van der Waals surface area contributed by atoms with Gasteiger partial charge in [0.1, 0.15) is 0 Å². The Kier molecular flexibility index (Phi) is 3.32. The molecule has 0 atom stereocenters. The van der Waals surface area contributed by atoms with Crippen LogP contribution >= 0.6 is 0 Å². The van der Waals surface area contributed by atoms with E-state index in [1.54, 1.807) is 19.2 Å². The van der Waals surface area contributed by atoms with Crippen LogP contribution in [0, 0.1) is 18.6 Å². The van der Waals surface area contributed by atoms with Gasteiger partial charge in [-0.1, -0.05) is 6.07 Å². The molecular formula is C13H10F2N2O. The molecule has 1 heterocycles. The summed E-state index contributed by atoms with van der Waals surface area (Å²) in [4.78, 5) is 15.6. The molecule has 2 rings (SSSR count). The average molecular weight is 248 g/mol. The molecule has 1 amide bonds. The van der Waals surface area contributed by atoms with Crippen molar-refractivity contribution in [2.24, 2.45) is 0 Å². The Morgan fingerprint density at radius 2 is 2.06 bits per heavy atom. The van der Waals surface area contributed by atoms with Crippen LogP contribution in [0.25, 0.3) is 0 Å². The second-order valence-electron chi connectivity index (χ2n) is 3.75. The number of nitrogens with zero attached hydrogens (tertiary/aromatic N) is 1. The molecule has 1 aromatic carbocycles. The summed E-state index contributed by atoms with van der Waals surface area (Å²) in [5, 5.41) is 2.49. The van der Waals surface area contributed by atoms with E-state index in [1.165, 1.54) is 18.3 Å². The van der Waals surface area contributed by atoms with Gasteiger partial charge in [-0.3, -0.25) is 9.78 Å². The highest BCUT2D eigenvalue weighted by Crippen LogP contribution is 2.16. The molecule has 1 aromatic heterocycles. The van der Waals surface area contributed by atoms with Gasteiger partial charge in [0.05, 0.1) is 17.4 Å². The molecule has 1 N–H and O–H groups in total. The molecule has 0 aliphatic heterocycles. The molecule has 3 nitrogen and oxygen atoms in total. The maximum absolute atomic E-state index is 13.4. The third-order valence-electron chi connectivity index (χ3n) is 2.48. The normalized spacial score (nSPS) is 10.2. The van der Waals surface area contributed by atoms with Crippen molar-refractivity contribution in [3.63, 3.8) is 0 Å². The highest BCUT2D eigenvalue weighted by Gasteiger charge is 2.15. The summed E-state index contributed by atoms with van der Waals surface area (Å²) in [5.41, 5.74) is 0.916. The van der Waals surface area contributed by atoms with Crippen molar-refractivity contribution in [3.8, 4) is 0 Å². The van der Waals surface area contributed by atoms with Crippen LogP contribution in [0.3, 0.4) is 0 Å². The lowest BCUT2D eigenvalue weighted by molar-refractivity contribution is 0.102. The van der Waals surface area contributed by atoms with Gasteiger partial charge in [0.25, 0.3) is 5.91 Å². The van der Waals surface area contributed by atoms with E-state index in [4.69, 9.17) is 0 Å². The summed E-state index contributed by atoms with van der Waals surface area (Å²) in [6.45, 7) is 1.78. The number of aryl methyl sites for hydroxylation is 1. The number of anilines is 1. The highest BCUT2D eigenvalue weighted by molar-refractivity contribution is 6.04. The van der Waals surface area contributed by atoms with E-state index in [9.17, 15) is 13.6 Å². The predicted molar refractivity (Wildman–Crippen MR) is 63.3 cm³/mol. The number of carbonyl (C=O) groups excluding carboxylic acids is 1. The summed E-state index contributed by atoms with van der Waals surface area (Å²) >= 11 is 0. The number of aromatic nitrogens is 1. The lowest BCUT2D eigenvalue weighted by Crippen LogP contribution is -2.15. The maximum atomic E-state index is 13.4. The lowest BCUT2D eigenvalue weighted by atomic mass is 10.1. The van der Waals surface area contributed by atoms with Gasteiger partial charge in [0.2, 0.25) is 0 Å². The molecule has 0 saturated carbocycles. The maximum Gasteiger partial charge on any atom is 0.258 e. The van der Waals surface area contributed by atoms with Crippen molar-refractivity contribution in [2.45, 2.75) is 6.92 Å². The van der Waals surface area contributed by atoms with Crippen LogP contribution in [-0.2, 0) is 0 Å². The van der Waals surface area contributed by atoms with Crippen molar-refractivity contribution < 1.29 is 13.6 Å². The Labute approximate surface area is 102 Å². The van der Waals surface area contributed by atoms with Gasteiger partial charge in [-0.05, 0) is 30.7 Å². The van der Waals surface area contributed by atoms with Gasteiger partial charge >= 0.3 is 0 Å². The Balaban J connectivity index is 2.28. The second-order valence-corrected chi connectivity index (χ2v) is 3.75. The average Bonchev–Trinajstić information content (AvgIpc) is 2.35. The third kappa shape index (κ3) is 2.34. The number of benzene rings is 1. The molecule has 0 bridgehead atoms. The molecule has 0 radical (unpaired) electrons. The number of nitrogens with one attached hydrogen (secondary N) is 1. The molecule has 5 heteroatoms. The summed E-state index contributed by atoms with van der Waals surface area (Å²) in [7, 11) is 0. The zero-order valence-electron chi connectivity index (χ0n) is 9.58. The molecule has 0 aliphatic carbocycles. The fourth-order valence-electron chi connectivity index (χ4n) is 1.46. The highest BCUT2D eigenvalue weighted by atomic mass is 19.2. The van der Waals surface area contributed by atoms with Gasteiger partial charge < -0.3 is 5.32 Å². The van der Waals surface area contributed by atoms with Gasteiger partial charge in [0.15, 0.2) is 11.6 Å². The number of carbonyl (C=O) groups is 1. The minimum absolute atomic E-state index is 0.335. The lowest BCUT2D eigenvalue weighted by Gasteiger charge is -2.08. The van der Waals surface area contributed by atoms with Gasteiger partial charge in [-0.15, -0.1) is 0 Å². The van der Waals surface area contributed by atoms with Crippen LogP contribution < -0.4 is 5.32 Å². The first-order chi connectivity index (χ1) is 8.59. The minimum atomic E-state index is -1.16. The van der Waals surface area contributed by atoms with E-state index in [0.717, 1.165) is 11.6 Å². The van der Waals surface area contributed by atoms with Gasteiger partial charge in [0, 0.05) is 6.20 Å². The summed E-state index contributed by atoms with van der Waals surface area (Å²) in [5.74, 6) is -2.91. The summed E-state index contributed by atoms with van der Waals surface area (Å²) in [6, 6.07) is 5.17. The van der Waals surface area contributed by atoms with Crippen molar-refractivity contribution in [1.82, 2.24) is 4.98 Å². The number of halogens is 2. The van der Waals surface area contributed by atoms with Crippen LogP contribution in [0.5, 0.6) is 0 Å². The Morgan fingerprint density at radius 1 is 1.28 bits per heavy atom. The van der Waals surface area contributed by atoms with Gasteiger partial charge in [-0.2, -0.15) is 0 Å². The molecular weight excluding hydrogens is 238 g/mol. The van der Waals surface area contributed by atoms with Crippen LogP contribution in [0.2, 0.25) is 0 Å². The van der Waals surface area contributed by atoms with E-state index in [0.29, 0.717) is 5.69 Å². The van der Waals surface area contributed by atoms with Crippen molar-refractivity contribution >= 4 is 11.6 Å². The van der Waals surface area contributed by atoms with Crippen molar-refractivity contribution in [2.75, 3.05) is 5.32 Å². The third-order valence-corrected chi connectivity index (χ3v) is 2.48. The Morgan fingerprint density at radius 3 is 2.78 bits per heavy atom. The first kappa shape index (κ1) is 12.2. The Hall–Kier alpha value is -2.30. The van der Waals surface area contributed by atoms with E-state index in [1.807, 2.05) is 0 Å². The predicted octanol–water partition coefficient (Wildman–Crippen LogP) is 2.92. The molecule has 18 heavy (non-hydrogen) atoms. The van der Waals surface area contributed by atoms with E-state index >= 15 is 0 Å². The van der Waals surface area contributed by atoms with Crippen LogP contribution in [-0.4, -0.2) is 10.9 Å². The smallest absolute Gasteiger partial charge is 0.258 e. The Bertz CT molecular complexity index is 599. The minimum Gasteiger partial charge on any atom is -0.320 e. The van der Waals surface area contributed by atoms with Crippen molar-refractivity contribution in [1.29, 1.82) is 0 Å². The number of hydrogen-bond donors (Lipinski definition) is 1. The second kappa shape index (κ2) is 4.91. The monoisotopic (exact) mass is 248 g/mol. The van der Waals surface area contributed by atoms with Crippen LogP contribution in [0.15, 0.2) is 36.7 Å². The van der Waals surface area contributed by atoms with Gasteiger partial charge in [-0.25, -0.2) is 8.78 Å². The largest absolute Gasteiger partial charge is 0.320 e. The first-order valence-electron chi connectivity index (χ1n) is 5.25. The number of pyridine rings is 1. The van der Waals surface area contributed by atoms with Crippen LogP contribution in [0.4, 0.5) is 14.5 Å². The number of amides is 1. The first-order valence-corrected chi connectivity index (χ1v) is 5.25. The molecule has 92 valence electrons. The number of rotatable bonds is 2.